The third-order valence-electron chi connectivity index (χ3n) is 4.85. The fraction of sp³-hybridized carbons (Fsp3) is 0.500. The fourth-order valence-corrected chi connectivity index (χ4v) is 4.98. The SMILES string of the molecule is CCN(CC)S(=O)(=O)N1CCC(c2ccc(Nc3cnccn3)cn2)CC1. The molecule has 1 saturated heterocycles. The van der Waals surface area contributed by atoms with Crippen molar-refractivity contribution in [1.29, 1.82) is 0 Å². The standard InChI is InChI=1S/C18H26N6O2S/c1-3-23(4-2)27(25,26)24-11-7-15(8-12-24)17-6-5-16(13-21-17)22-18-14-19-9-10-20-18/h5-6,9-10,13-15H,3-4,7-8,11-12H2,1-2H3,(H,20,22). The fourth-order valence-electron chi connectivity index (χ4n) is 3.33. The van der Waals surface area contributed by atoms with Gasteiger partial charge < -0.3 is 5.32 Å². The molecule has 2 aromatic rings. The summed E-state index contributed by atoms with van der Waals surface area (Å²) in [5.74, 6) is 0.945. The van der Waals surface area contributed by atoms with Crippen molar-refractivity contribution in [2.24, 2.45) is 0 Å². The second-order valence-electron chi connectivity index (χ2n) is 6.45. The van der Waals surface area contributed by atoms with Crippen molar-refractivity contribution in [2.45, 2.75) is 32.6 Å². The van der Waals surface area contributed by atoms with E-state index in [-0.39, 0.29) is 5.92 Å². The quantitative estimate of drug-likeness (QED) is 0.780. The van der Waals surface area contributed by atoms with E-state index in [0.29, 0.717) is 32.0 Å². The Bertz CT molecular complexity index is 817. The Kier molecular flexibility index (Phi) is 6.35. The molecule has 8 nitrogen and oxygen atoms in total. The van der Waals surface area contributed by atoms with Crippen LogP contribution in [-0.2, 0) is 10.2 Å². The minimum Gasteiger partial charge on any atom is -0.338 e. The molecule has 1 aliphatic rings. The van der Waals surface area contributed by atoms with E-state index < -0.39 is 10.2 Å². The van der Waals surface area contributed by atoms with Crippen LogP contribution >= 0.6 is 0 Å². The van der Waals surface area contributed by atoms with Crippen molar-refractivity contribution in [3.8, 4) is 0 Å². The van der Waals surface area contributed by atoms with Crippen LogP contribution in [0.1, 0.15) is 38.3 Å². The van der Waals surface area contributed by atoms with Crippen LogP contribution in [0, 0.1) is 0 Å². The molecule has 1 aliphatic heterocycles. The van der Waals surface area contributed by atoms with Crippen LogP contribution in [0.5, 0.6) is 0 Å². The number of anilines is 2. The highest BCUT2D eigenvalue weighted by Gasteiger charge is 2.32. The van der Waals surface area contributed by atoms with Crippen LogP contribution in [0.3, 0.4) is 0 Å². The summed E-state index contributed by atoms with van der Waals surface area (Å²) < 4.78 is 28.4. The maximum absolute atomic E-state index is 12.6. The van der Waals surface area contributed by atoms with Crippen LogP contribution in [-0.4, -0.2) is 58.2 Å². The van der Waals surface area contributed by atoms with E-state index in [2.05, 4.69) is 20.3 Å². The first-order chi connectivity index (χ1) is 13.0. The predicted octanol–water partition coefficient (Wildman–Crippen LogP) is 2.38. The number of hydrogen-bond acceptors (Lipinski definition) is 6. The van der Waals surface area contributed by atoms with Crippen molar-refractivity contribution >= 4 is 21.7 Å². The first-order valence-electron chi connectivity index (χ1n) is 9.28. The van der Waals surface area contributed by atoms with E-state index >= 15 is 0 Å². The third kappa shape index (κ3) is 4.60. The van der Waals surface area contributed by atoms with E-state index in [4.69, 9.17) is 0 Å². The van der Waals surface area contributed by atoms with Gasteiger partial charge >= 0.3 is 0 Å². The maximum Gasteiger partial charge on any atom is 0.281 e. The molecule has 9 heteroatoms. The molecule has 3 rings (SSSR count). The van der Waals surface area contributed by atoms with Gasteiger partial charge in [0.2, 0.25) is 0 Å². The first-order valence-corrected chi connectivity index (χ1v) is 10.7. The smallest absolute Gasteiger partial charge is 0.281 e. The highest BCUT2D eigenvalue weighted by atomic mass is 32.2. The lowest BCUT2D eigenvalue weighted by Gasteiger charge is -2.34. The summed E-state index contributed by atoms with van der Waals surface area (Å²) in [4.78, 5) is 12.8. The molecule has 27 heavy (non-hydrogen) atoms. The maximum atomic E-state index is 12.6. The molecule has 0 aromatic carbocycles. The molecule has 1 fully saturated rings. The summed E-state index contributed by atoms with van der Waals surface area (Å²) in [6.45, 7) is 5.80. The molecule has 0 radical (unpaired) electrons. The van der Waals surface area contributed by atoms with E-state index in [9.17, 15) is 8.42 Å². The molecule has 0 amide bonds. The van der Waals surface area contributed by atoms with Crippen molar-refractivity contribution < 1.29 is 8.42 Å². The summed E-state index contributed by atoms with van der Waals surface area (Å²) in [5.41, 5.74) is 1.85. The Morgan fingerprint density at radius 2 is 1.85 bits per heavy atom. The lowest BCUT2D eigenvalue weighted by atomic mass is 9.94. The molecular weight excluding hydrogens is 364 g/mol. The molecule has 0 bridgehead atoms. The summed E-state index contributed by atoms with van der Waals surface area (Å²) in [6.07, 6.45) is 8.25. The van der Waals surface area contributed by atoms with Crippen molar-refractivity contribution in [2.75, 3.05) is 31.5 Å². The van der Waals surface area contributed by atoms with Gasteiger partial charge in [0.1, 0.15) is 5.82 Å². The Morgan fingerprint density at radius 1 is 1.11 bits per heavy atom. The molecular formula is C18H26N6O2S. The number of piperidine rings is 1. The number of pyridine rings is 1. The van der Waals surface area contributed by atoms with Crippen LogP contribution in [0.25, 0.3) is 0 Å². The van der Waals surface area contributed by atoms with Gasteiger partial charge in [-0.05, 0) is 25.0 Å². The summed E-state index contributed by atoms with van der Waals surface area (Å²) in [7, 11) is -3.35. The number of nitrogens with zero attached hydrogens (tertiary/aromatic N) is 5. The normalized spacial score (nSPS) is 16.6. The van der Waals surface area contributed by atoms with Crippen molar-refractivity contribution in [1.82, 2.24) is 23.6 Å². The van der Waals surface area contributed by atoms with Gasteiger partial charge in [-0.3, -0.25) is 9.97 Å². The molecule has 3 heterocycles. The Labute approximate surface area is 160 Å². The Hall–Kier alpha value is -2.10. The monoisotopic (exact) mass is 390 g/mol. The zero-order valence-corrected chi connectivity index (χ0v) is 16.6. The number of hydrogen-bond donors (Lipinski definition) is 1. The van der Waals surface area contributed by atoms with Gasteiger partial charge in [-0.15, -0.1) is 0 Å². The van der Waals surface area contributed by atoms with Gasteiger partial charge in [0.15, 0.2) is 0 Å². The van der Waals surface area contributed by atoms with Crippen LogP contribution in [0.2, 0.25) is 0 Å². The van der Waals surface area contributed by atoms with Crippen molar-refractivity contribution in [3.05, 3.63) is 42.6 Å². The van der Waals surface area contributed by atoms with Gasteiger partial charge in [-0.2, -0.15) is 17.0 Å². The second-order valence-corrected chi connectivity index (χ2v) is 8.38. The summed E-state index contributed by atoms with van der Waals surface area (Å²) in [6, 6.07) is 3.97. The van der Waals surface area contributed by atoms with Gasteiger partial charge in [0.05, 0.1) is 18.1 Å². The minimum atomic E-state index is -3.35. The number of rotatable bonds is 7. The van der Waals surface area contributed by atoms with Gasteiger partial charge in [0.25, 0.3) is 10.2 Å². The topological polar surface area (TPSA) is 91.3 Å². The van der Waals surface area contributed by atoms with Crippen LogP contribution < -0.4 is 5.32 Å². The lowest BCUT2D eigenvalue weighted by Crippen LogP contribution is -2.46. The average Bonchev–Trinajstić information content (AvgIpc) is 2.70. The van der Waals surface area contributed by atoms with Gasteiger partial charge in [-0.25, -0.2) is 4.98 Å². The molecule has 0 spiro atoms. The largest absolute Gasteiger partial charge is 0.338 e. The zero-order valence-electron chi connectivity index (χ0n) is 15.7. The number of nitrogens with one attached hydrogen (secondary N) is 1. The highest BCUT2D eigenvalue weighted by Crippen LogP contribution is 2.29. The van der Waals surface area contributed by atoms with E-state index in [0.717, 1.165) is 24.2 Å². The number of aromatic nitrogens is 3. The zero-order chi connectivity index (χ0) is 19.3. The van der Waals surface area contributed by atoms with Gasteiger partial charge in [-0.1, -0.05) is 13.8 Å². The lowest BCUT2D eigenvalue weighted by molar-refractivity contribution is 0.289. The molecule has 146 valence electrons. The second kappa shape index (κ2) is 8.73. The predicted molar refractivity (Wildman–Crippen MR) is 105 cm³/mol. The molecule has 1 N–H and O–H groups in total. The molecule has 0 saturated carbocycles. The summed E-state index contributed by atoms with van der Waals surface area (Å²) in [5, 5.41) is 3.16. The molecule has 0 atom stereocenters. The molecule has 0 aliphatic carbocycles. The first kappa shape index (κ1) is 19.7. The molecule has 2 aromatic heterocycles. The van der Waals surface area contributed by atoms with Crippen LogP contribution in [0.4, 0.5) is 11.5 Å². The Morgan fingerprint density at radius 3 is 2.41 bits per heavy atom. The molecule has 0 unspecified atom stereocenters. The van der Waals surface area contributed by atoms with E-state index in [1.165, 1.54) is 4.31 Å². The summed E-state index contributed by atoms with van der Waals surface area (Å²) >= 11 is 0. The van der Waals surface area contributed by atoms with Gasteiger partial charge in [0, 0.05) is 50.2 Å². The highest BCUT2D eigenvalue weighted by molar-refractivity contribution is 7.86. The van der Waals surface area contributed by atoms with E-state index in [1.54, 1.807) is 29.1 Å². The third-order valence-corrected chi connectivity index (χ3v) is 7.04. The van der Waals surface area contributed by atoms with Crippen molar-refractivity contribution in [3.63, 3.8) is 0 Å². The Balaban J connectivity index is 1.60. The van der Waals surface area contributed by atoms with Crippen LogP contribution in [0.15, 0.2) is 36.9 Å². The average molecular weight is 391 g/mol. The minimum absolute atomic E-state index is 0.277. The van der Waals surface area contributed by atoms with E-state index in [1.807, 2.05) is 26.0 Å².